The van der Waals surface area contributed by atoms with Crippen LogP contribution in [0.3, 0.4) is 0 Å². The summed E-state index contributed by atoms with van der Waals surface area (Å²) in [5.41, 5.74) is 2.61. The first-order chi connectivity index (χ1) is 13.4. The molecule has 0 spiro atoms. The third-order valence-electron chi connectivity index (χ3n) is 4.64. The number of hydrogen-bond donors (Lipinski definition) is 1. The molecular formula is C20H19BrN2O5. The Morgan fingerprint density at radius 3 is 2.64 bits per heavy atom. The molecule has 0 saturated heterocycles. The number of nitrogens with zero attached hydrogens (tertiary/aromatic N) is 1. The number of nitrogens with one attached hydrogen (secondary N) is 1. The molecule has 0 aliphatic heterocycles. The number of benzene rings is 1. The minimum atomic E-state index is -0.597. The van der Waals surface area contributed by atoms with Gasteiger partial charge in [0.15, 0.2) is 12.4 Å². The molecule has 8 heteroatoms. The van der Waals surface area contributed by atoms with Crippen LogP contribution >= 0.6 is 15.9 Å². The summed E-state index contributed by atoms with van der Waals surface area (Å²) in [5, 5.41) is 2.49. The lowest BCUT2D eigenvalue weighted by molar-refractivity contribution is -0.144. The first-order valence-corrected chi connectivity index (χ1v) is 9.48. The molecule has 28 heavy (non-hydrogen) atoms. The van der Waals surface area contributed by atoms with Crippen LogP contribution in [0, 0.1) is 0 Å². The van der Waals surface area contributed by atoms with E-state index in [1.807, 2.05) is 13.0 Å². The van der Waals surface area contributed by atoms with Crippen LogP contribution in [-0.4, -0.2) is 36.5 Å². The molecule has 1 amide bonds. The zero-order valence-corrected chi connectivity index (χ0v) is 17.0. The van der Waals surface area contributed by atoms with Crippen LogP contribution in [-0.2, 0) is 14.3 Å². The number of halogens is 1. The molecule has 1 aromatic carbocycles. The summed E-state index contributed by atoms with van der Waals surface area (Å²) in [7, 11) is 1.26. The van der Waals surface area contributed by atoms with Crippen LogP contribution in [0.4, 0.5) is 10.5 Å². The first kappa shape index (κ1) is 20.0. The quantitative estimate of drug-likeness (QED) is 0.549. The zero-order valence-electron chi connectivity index (χ0n) is 15.4. The lowest BCUT2D eigenvalue weighted by Gasteiger charge is -2.11. The highest BCUT2D eigenvalue weighted by Crippen LogP contribution is 2.41. The summed E-state index contributed by atoms with van der Waals surface area (Å²) in [6, 6.07) is 8.21. The van der Waals surface area contributed by atoms with Crippen molar-refractivity contribution in [2.75, 3.05) is 19.0 Å². The smallest absolute Gasteiger partial charge is 0.411 e. The van der Waals surface area contributed by atoms with Gasteiger partial charge >= 0.3 is 12.1 Å². The Morgan fingerprint density at radius 1 is 1.25 bits per heavy atom. The number of ketones is 1. The fraction of sp³-hybridized carbons (Fsp3) is 0.300. The molecule has 0 radical (unpaired) electrons. The van der Waals surface area contributed by atoms with Crippen molar-refractivity contribution in [2.45, 2.75) is 25.2 Å². The molecule has 3 rings (SSSR count). The number of pyridine rings is 1. The lowest BCUT2D eigenvalue weighted by Crippen LogP contribution is -2.19. The van der Waals surface area contributed by atoms with Crippen LogP contribution in [0.15, 0.2) is 41.0 Å². The second kappa shape index (κ2) is 8.52. The Labute approximate surface area is 170 Å². The number of hydrogen-bond acceptors (Lipinski definition) is 6. The van der Waals surface area contributed by atoms with Crippen molar-refractivity contribution in [3.05, 3.63) is 57.8 Å². The summed E-state index contributed by atoms with van der Waals surface area (Å²) in [6.45, 7) is 1.69. The second-order valence-electron chi connectivity index (χ2n) is 6.54. The van der Waals surface area contributed by atoms with E-state index >= 15 is 0 Å². The van der Waals surface area contributed by atoms with E-state index in [0.717, 1.165) is 10.0 Å². The Hall–Kier alpha value is -2.74. The van der Waals surface area contributed by atoms with Crippen molar-refractivity contribution < 1.29 is 23.9 Å². The molecule has 7 nitrogen and oxygen atoms in total. The number of Topliss-reactive ketones (excluding diaryl/α,β-unsaturated/α-hetero) is 1. The van der Waals surface area contributed by atoms with E-state index < -0.39 is 18.0 Å². The van der Waals surface area contributed by atoms with Crippen LogP contribution in [0.2, 0.25) is 0 Å². The van der Waals surface area contributed by atoms with Gasteiger partial charge in [0.05, 0.1) is 18.7 Å². The molecule has 2 unspecified atom stereocenters. The molecular weight excluding hydrogens is 428 g/mol. The van der Waals surface area contributed by atoms with E-state index in [9.17, 15) is 14.4 Å². The molecule has 2 atom stereocenters. The van der Waals surface area contributed by atoms with Gasteiger partial charge in [0.1, 0.15) is 0 Å². The monoisotopic (exact) mass is 446 g/mol. The largest absolute Gasteiger partial charge is 0.457 e. The maximum atomic E-state index is 12.5. The average Bonchev–Trinajstić information content (AvgIpc) is 3.02. The number of aromatic nitrogens is 1. The maximum absolute atomic E-state index is 12.5. The van der Waals surface area contributed by atoms with Gasteiger partial charge in [0, 0.05) is 21.9 Å². The number of ether oxygens (including phenoxy) is 2. The highest BCUT2D eigenvalue weighted by molar-refractivity contribution is 9.10. The normalized spacial score (nSPS) is 17.5. The van der Waals surface area contributed by atoms with Gasteiger partial charge in [0.2, 0.25) is 0 Å². The zero-order chi connectivity index (χ0) is 20.3. The van der Waals surface area contributed by atoms with Crippen molar-refractivity contribution >= 4 is 39.5 Å². The molecule has 1 aromatic heterocycles. The van der Waals surface area contributed by atoms with Gasteiger partial charge in [-0.3, -0.25) is 19.9 Å². The van der Waals surface area contributed by atoms with Crippen molar-refractivity contribution in [3.8, 4) is 0 Å². The van der Waals surface area contributed by atoms with Crippen molar-refractivity contribution in [2.24, 2.45) is 0 Å². The summed E-state index contributed by atoms with van der Waals surface area (Å²) >= 11 is 3.39. The van der Waals surface area contributed by atoms with Crippen LogP contribution < -0.4 is 5.32 Å². The van der Waals surface area contributed by atoms with E-state index in [1.54, 1.807) is 30.5 Å². The average molecular weight is 447 g/mol. The Balaban J connectivity index is 1.59. The SMILES string of the molecule is COC(=O)Nc1ccc(C(=O)COC(=O)C2CC(C)c3cc(Br)cnc32)cc1. The van der Waals surface area contributed by atoms with E-state index in [-0.39, 0.29) is 18.3 Å². The van der Waals surface area contributed by atoms with Crippen molar-refractivity contribution in [1.29, 1.82) is 0 Å². The highest BCUT2D eigenvalue weighted by Gasteiger charge is 2.36. The van der Waals surface area contributed by atoms with Crippen LogP contribution in [0.5, 0.6) is 0 Å². The molecule has 2 aromatic rings. The van der Waals surface area contributed by atoms with Gasteiger partial charge < -0.3 is 9.47 Å². The Bertz CT molecular complexity index is 913. The minimum absolute atomic E-state index is 0.197. The molecule has 146 valence electrons. The number of carbonyl (C=O) groups is 3. The summed E-state index contributed by atoms with van der Waals surface area (Å²) in [5.74, 6) is -1.04. The number of rotatable bonds is 5. The molecule has 1 aliphatic carbocycles. The van der Waals surface area contributed by atoms with Crippen molar-refractivity contribution in [3.63, 3.8) is 0 Å². The fourth-order valence-electron chi connectivity index (χ4n) is 3.18. The summed E-state index contributed by atoms with van der Waals surface area (Å²) < 4.78 is 10.6. The third-order valence-corrected chi connectivity index (χ3v) is 5.07. The standard InChI is InChI=1S/C20H19BrN2O5/c1-11-7-16(18-15(11)8-13(21)9-22-18)19(25)28-10-17(24)12-3-5-14(6-4-12)23-20(26)27-2/h3-6,8-9,11,16H,7,10H2,1-2H3,(H,23,26). The number of carbonyl (C=O) groups excluding carboxylic acids is 3. The topological polar surface area (TPSA) is 94.6 Å². The molecule has 1 N–H and O–H groups in total. The second-order valence-corrected chi connectivity index (χ2v) is 7.46. The molecule has 0 saturated carbocycles. The van der Waals surface area contributed by atoms with Crippen molar-refractivity contribution in [1.82, 2.24) is 4.98 Å². The molecule has 1 heterocycles. The maximum Gasteiger partial charge on any atom is 0.411 e. The Morgan fingerprint density at radius 2 is 1.96 bits per heavy atom. The molecule has 1 aliphatic rings. The lowest BCUT2D eigenvalue weighted by atomic mass is 10.0. The van der Waals surface area contributed by atoms with Crippen LogP contribution in [0.25, 0.3) is 0 Å². The number of anilines is 1. The van der Waals surface area contributed by atoms with Gasteiger partial charge in [-0.2, -0.15) is 0 Å². The minimum Gasteiger partial charge on any atom is -0.457 e. The van der Waals surface area contributed by atoms with E-state index in [1.165, 1.54) is 7.11 Å². The van der Waals surface area contributed by atoms with Gasteiger partial charge in [-0.25, -0.2) is 4.79 Å². The van der Waals surface area contributed by atoms with Gasteiger partial charge in [-0.1, -0.05) is 6.92 Å². The fourth-order valence-corrected chi connectivity index (χ4v) is 3.53. The van der Waals surface area contributed by atoms with Gasteiger partial charge in [0.25, 0.3) is 0 Å². The van der Waals surface area contributed by atoms with E-state index in [0.29, 0.717) is 23.4 Å². The predicted octanol–water partition coefficient (Wildman–Crippen LogP) is 4.04. The van der Waals surface area contributed by atoms with E-state index in [2.05, 4.69) is 31.0 Å². The highest BCUT2D eigenvalue weighted by atomic mass is 79.9. The number of methoxy groups -OCH3 is 1. The summed E-state index contributed by atoms with van der Waals surface area (Å²) in [4.78, 5) is 40.3. The first-order valence-electron chi connectivity index (χ1n) is 8.69. The van der Waals surface area contributed by atoms with Gasteiger partial charge in [-0.15, -0.1) is 0 Å². The Kier molecular flexibility index (Phi) is 6.08. The number of amides is 1. The van der Waals surface area contributed by atoms with Gasteiger partial charge in [-0.05, 0) is 64.2 Å². The molecule has 0 bridgehead atoms. The third kappa shape index (κ3) is 4.39. The molecule has 0 fully saturated rings. The number of fused-ring (bicyclic) bond motifs is 1. The summed E-state index contributed by atoms with van der Waals surface area (Å²) in [6.07, 6.45) is 1.67. The van der Waals surface area contributed by atoms with Crippen LogP contribution in [0.1, 0.15) is 46.8 Å². The number of esters is 1. The van der Waals surface area contributed by atoms with E-state index in [4.69, 9.17) is 4.74 Å². The predicted molar refractivity (Wildman–Crippen MR) is 105 cm³/mol.